The molecule has 2 rings (SSSR count). The molecule has 0 aliphatic carbocycles. The first kappa shape index (κ1) is 16.4. The maximum atomic E-state index is 5.76. The molecular weight excluding hydrogens is 274 g/mol. The lowest BCUT2D eigenvalue weighted by molar-refractivity contribution is 0.222. The van der Waals surface area contributed by atoms with E-state index >= 15 is 0 Å². The topological polar surface area (TPSA) is 21.7 Å². The fourth-order valence-electron chi connectivity index (χ4n) is 2.21. The van der Waals surface area contributed by atoms with Crippen LogP contribution in [0.5, 0.6) is 11.5 Å². The van der Waals surface area contributed by atoms with Crippen molar-refractivity contribution in [2.75, 3.05) is 26.2 Å². The zero-order valence-electron chi connectivity index (χ0n) is 13.5. The quantitative estimate of drug-likeness (QED) is 0.699. The minimum absolute atomic E-state index is 0.586. The molecule has 0 saturated carbocycles. The lowest BCUT2D eigenvalue weighted by Crippen LogP contribution is -2.27. The largest absolute Gasteiger partial charge is 0.492 e. The van der Waals surface area contributed by atoms with Gasteiger partial charge in [-0.25, -0.2) is 0 Å². The van der Waals surface area contributed by atoms with Crippen LogP contribution in [0.3, 0.4) is 0 Å². The van der Waals surface area contributed by atoms with Crippen LogP contribution in [0.2, 0.25) is 0 Å². The minimum Gasteiger partial charge on any atom is -0.492 e. The van der Waals surface area contributed by atoms with E-state index in [1.807, 2.05) is 42.5 Å². The van der Waals surface area contributed by atoms with E-state index in [0.717, 1.165) is 31.1 Å². The minimum atomic E-state index is 0.586. The van der Waals surface area contributed by atoms with E-state index in [1.165, 1.54) is 5.56 Å². The van der Waals surface area contributed by atoms with Crippen molar-refractivity contribution >= 4 is 0 Å². The zero-order chi connectivity index (χ0) is 15.6. The molecule has 0 saturated heterocycles. The molecule has 3 heteroatoms. The summed E-state index contributed by atoms with van der Waals surface area (Å²) >= 11 is 0. The Hall–Kier alpha value is -2.00. The summed E-state index contributed by atoms with van der Waals surface area (Å²) in [7, 11) is 0. The average Bonchev–Trinajstić information content (AvgIpc) is 2.59. The molecule has 0 radical (unpaired) electrons. The Labute approximate surface area is 133 Å². The van der Waals surface area contributed by atoms with Crippen molar-refractivity contribution in [3.05, 3.63) is 60.2 Å². The van der Waals surface area contributed by atoms with Gasteiger partial charge < -0.3 is 14.4 Å². The highest BCUT2D eigenvalue weighted by Crippen LogP contribution is 2.18. The van der Waals surface area contributed by atoms with Gasteiger partial charge in [-0.05, 0) is 42.9 Å². The first-order chi connectivity index (χ1) is 10.8. The lowest BCUT2D eigenvalue weighted by atomic mass is 10.2. The Morgan fingerprint density at radius 3 is 1.95 bits per heavy atom. The Morgan fingerprint density at radius 1 is 0.773 bits per heavy atom. The molecule has 2 aromatic carbocycles. The highest BCUT2D eigenvalue weighted by Gasteiger charge is 2.00. The second kappa shape index (κ2) is 9.11. The van der Waals surface area contributed by atoms with Crippen LogP contribution in [0.1, 0.15) is 19.4 Å². The number of nitrogens with zero attached hydrogens (tertiary/aromatic N) is 1. The maximum Gasteiger partial charge on any atom is 0.120 e. The van der Waals surface area contributed by atoms with Crippen molar-refractivity contribution in [2.24, 2.45) is 0 Å². The Kier molecular flexibility index (Phi) is 6.78. The summed E-state index contributed by atoms with van der Waals surface area (Å²) in [5, 5.41) is 0. The van der Waals surface area contributed by atoms with Gasteiger partial charge in [0.2, 0.25) is 0 Å². The molecule has 0 atom stereocenters. The van der Waals surface area contributed by atoms with Crippen LogP contribution in [0.25, 0.3) is 0 Å². The molecule has 22 heavy (non-hydrogen) atoms. The van der Waals surface area contributed by atoms with Gasteiger partial charge in [0.15, 0.2) is 0 Å². The molecule has 0 fully saturated rings. The molecule has 0 N–H and O–H groups in total. The summed E-state index contributed by atoms with van der Waals surface area (Å²) in [4.78, 5) is 2.34. The Bertz CT molecular complexity index is 521. The van der Waals surface area contributed by atoms with Crippen molar-refractivity contribution in [1.29, 1.82) is 0 Å². The first-order valence-corrected chi connectivity index (χ1v) is 7.93. The molecule has 0 spiro atoms. The third kappa shape index (κ3) is 5.41. The smallest absolute Gasteiger partial charge is 0.120 e. The number of hydrogen-bond acceptors (Lipinski definition) is 3. The second-order valence-electron chi connectivity index (χ2n) is 5.12. The monoisotopic (exact) mass is 299 g/mol. The third-order valence-corrected chi connectivity index (χ3v) is 3.64. The molecule has 0 heterocycles. The van der Waals surface area contributed by atoms with E-state index < -0.39 is 0 Å². The normalized spacial score (nSPS) is 10.7. The van der Waals surface area contributed by atoms with E-state index in [2.05, 4.69) is 30.9 Å². The van der Waals surface area contributed by atoms with Crippen molar-refractivity contribution in [3.8, 4) is 11.5 Å². The van der Waals surface area contributed by atoms with Crippen LogP contribution in [0.4, 0.5) is 0 Å². The molecule has 0 bridgehead atoms. The number of likely N-dealkylation sites (N-methyl/N-ethyl adjacent to an activating group) is 1. The van der Waals surface area contributed by atoms with E-state index in [4.69, 9.17) is 9.47 Å². The van der Waals surface area contributed by atoms with Gasteiger partial charge in [-0.2, -0.15) is 0 Å². The van der Waals surface area contributed by atoms with Gasteiger partial charge in [-0.3, -0.25) is 0 Å². The second-order valence-corrected chi connectivity index (χ2v) is 5.12. The van der Waals surface area contributed by atoms with Gasteiger partial charge in [-0.15, -0.1) is 0 Å². The standard InChI is InChI=1S/C19H25NO2/c1-3-20(4-2)14-15-21-18-10-12-19(13-11-18)22-16-17-8-6-5-7-9-17/h5-13H,3-4,14-16H2,1-2H3. The molecule has 0 aromatic heterocycles. The van der Waals surface area contributed by atoms with Crippen LogP contribution in [0.15, 0.2) is 54.6 Å². The van der Waals surface area contributed by atoms with Crippen molar-refractivity contribution in [2.45, 2.75) is 20.5 Å². The summed E-state index contributed by atoms with van der Waals surface area (Å²) in [6.07, 6.45) is 0. The van der Waals surface area contributed by atoms with Crippen LogP contribution in [-0.4, -0.2) is 31.1 Å². The molecule has 0 aliphatic rings. The van der Waals surface area contributed by atoms with Gasteiger partial charge in [0.05, 0.1) is 0 Å². The lowest BCUT2D eigenvalue weighted by Gasteiger charge is -2.18. The molecule has 2 aromatic rings. The van der Waals surface area contributed by atoms with Crippen LogP contribution < -0.4 is 9.47 Å². The fourth-order valence-corrected chi connectivity index (χ4v) is 2.21. The molecule has 3 nitrogen and oxygen atoms in total. The van der Waals surface area contributed by atoms with Gasteiger partial charge in [0.25, 0.3) is 0 Å². The molecule has 0 unspecified atom stereocenters. The fraction of sp³-hybridized carbons (Fsp3) is 0.368. The van der Waals surface area contributed by atoms with E-state index in [1.54, 1.807) is 0 Å². The molecular formula is C19H25NO2. The zero-order valence-corrected chi connectivity index (χ0v) is 13.5. The predicted molar refractivity (Wildman–Crippen MR) is 90.5 cm³/mol. The van der Waals surface area contributed by atoms with Crippen molar-refractivity contribution < 1.29 is 9.47 Å². The van der Waals surface area contributed by atoms with Crippen LogP contribution in [0, 0.1) is 0 Å². The highest BCUT2D eigenvalue weighted by molar-refractivity contribution is 5.31. The summed E-state index contributed by atoms with van der Waals surface area (Å²) in [5.41, 5.74) is 1.17. The Balaban J connectivity index is 1.75. The van der Waals surface area contributed by atoms with Crippen LogP contribution in [-0.2, 0) is 6.61 Å². The van der Waals surface area contributed by atoms with Gasteiger partial charge >= 0.3 is 0 Å². The molecule has 118 valence electrons. The summed E-state index contributed by atoms with van der Waals surface area (Å²) < 4.78 is 11.5. The molecule has 0 amide bonds. The maximum absolute atomic E-state index is 5.76. The Morgan fingerprint density at radius 2 is 1.36 bits per heavy atom. The predicted octanol–water partition coefficient (Wildman–Crippen LogP) is 3.99. The van der Waals surface area contributed by atoms with Crippen molar-refractivity contribution in [1.82, 2.24) is 4.90 Å². The number of hydrogen-bond donors (Lipinski definition) is 0. The van der Waals surface area contributed by atoms with Gasteiger partial charge in [-0.1, -0.05) is 44.2 Å². The summed E-state index contributed by atoms with van der Waals surface area (Å²) in [6, 6.07) is 18.0. The van der Waals surface area contributed by atoms with E-state index in [9.17, 15) is 0 Å². The van der Waals surface area contributed by atoms with Crippen molar-refractivity contribution in [3.63, 3.8) is 0 Å². The summed E-state index contributed by atoms with van der Waals surface area (Å²) in [6.45, 7) is 8.72. The first-order valence-electron chi connectivity index (χ1n) is 7.93. The third-order valence-electron chi connectivity index (χ3n) is 3.64. The van der Waals surface area contributed by atoms with E-state index in [0.29, 0.717) is 13.2 Å². The number of ether oxygens (including phenoxy) is 2. The van der Waals surface area contributed by atoms with Gasteiger partial charge in [0, 0.05) is 6.54 Å². The summed E-state index contributed by atoms with van der Waals surface area (Å²) in [5.74, 6) is 1.75. The molecule has 0 aliphatic heterocycles. The SMILES string of the molecule is CCN(CC)CCOc1ccc(OCc2ccccc2)cc1. The van der Waals surface area contributed by atoms with E-state index in [-0.39, 0.29) is 0 Å². The van der Waals surface area contributed by atoms with Gasteiger partial charge in [0.1, 0.15) is 24.7 Å². The number of benzene rings is 2. The highest BCUT2D eigenvalue weighted by atomic mass is 16.5. The number of rotatable bonds is 9. The van der Waals surface area contributed by atoms with Crippen LogP contribution >= 0.6 is 0 Å². The average molecular weight is 299 g/mol.